The monoisotopic (exact) mass is 298 g/mol. The Morgan fingerprint density at radius 3 is 2.77 bits per heavy atom. The number of aromatic hydroxyl groups is 2. The summed E-state index contributed by atoms with van der Waals surface area (Å²) in [6.07, 6.45) is -0.870. The molecule has 3 N–H and O–H groups in total. The largest absolute Gasteiger partial charge is 0.508 e. The maximum absolute atomic E-state index is 10.8. The van der Waals surface area contributed by atoms with E-state index < -0.39 is 6.10 Å². The number of aliphatic hydroxyl groups excluding tert-OH is 1. The lowest BCUT2D eigenvalue weighted by atomic mass is 9.89. The van der Waals surface area contributed by atoms with Crippen LogP contribution < -0.4 is 9.47 Å². The van der Waals surface area contributed by atoms with Crippen LogP contribution in [0.2, 0.25) is 0 Å². The van der Waals surface area contributed by atoms with E-state index in [-0.39, 0.29) is 18.1 Å². The Morgan fingerprint density at radius 1 is 1.14 bits per heavy atom. The fraction of sp³-hybridized carbons (Fsp3) is 0.176. The van der Waals surface area contributed by atoms with Gasteiger partial charge in [-0.15, -0.1) is 0 Å². The molecule has 2 heterocycles. The summed E-state index contributed by atoms with van der Waals surface area (Å²) in [7, 11) is 0. The predicted octanol–water partition coefficient (Wildman–Crippen LogP) is 2.64. The molecule has 0 saturated carbocycles. The Kier molecular flexibility index (Phi) is 2.62. The molecule has 0 amide bonds. The van der Waals surface area contributed by atoms with E-state index in [2.05, 4.69) is 0 Å². The van der Waals surface area contributed by atoms with Crippen molar-refractivity contribution < 1.29 is 24.8 Å². The number of fused-ring (bicyclic) bond motifs is 3. The smallest absolute Gasteiger partial charge is 0.148 e. The van der Waals surface area contributed by atoms with Gasteiger partial charge in [-0.05, 0) is 31.2 Å². The highest BCUT2D eigenvalue weighted by Crippen LogP contribution is 2.49. The van der Waals surface area contributed by atoms with E-state index in [4.69, 9.17) is 9.47 Å². The normalized spacial score (nSPS) is 18.7. The molecule has 0 bridgehead atoms. The lowest BCUT2D eigenvalue weighted by Crippen LogP contribution is -2.23. The van der Waals surface area contributed by atoms with E-state index in [1.54, 1.807) is 31.2 Å². The van der Waals surface area contributed by atoms with Crippen molar-refractivity contribution in [3.8, 4) is 23.0 Å². The molecule has 0 aromatic heterocycles. The third kappa shape index (κ3) is 1.69. The summed E-state index contributed by atoms with van der Waals surface area (Å²) in [5.41, 5.74) is 2.52. The van der Waals surface area contributed by atoms with Gasteiger partial charge < -0.3 is 24.8 Å². The maximum Gasteiger partial charge on any atom is 0.148 e. The molecule has 22 heavy (non-hydrogen) atoms. The molecule has 4 rings (SSSR count). The van der Waals surface area contributed by atoms with Gasteiger partial charge in [-0.3, -0.25) is 0 Å². The van der Waals surface area contributed by atoms with Crippen LogP contribution in [0, 0.1) is 6.92 Å². The molecule has 0 radical (unpaired) electrons. The van der Waals surface area contributed by atoms with E-state index in [0.717, 1.165) is 0 Å². The highest BCUT2D eigenvalue weighted by Gasteiger charge is 2.35. The molecule has 1 unspecified atom stereocenters. The summed E-state index contributed by atoms with van der Waals surface area (Å²) in [6, 6.07) is 7.96. The van der Waals surface area contributed by atoms with Crippen LogP contribution in [0.4, 0.5) is 0 Å². The zero-order chi connectivity index (χ0) is 15.4. The second-order valence-electron chi connectivity index (χ2n) is 5.44. The van der Waals surface area contributed by atoms with Crippen LogP contribution in [0.1, 0.15) is 22.8 Å². The average Bonchev–Trinajstić information content (AvgIpc) is 2.51. The van der Waals surface area contributed by atoms with Crippen LogP contribution in [0.5, 0.6) is 23.0 Å². The van der Waals surface area contributed by atoms with Gasteiger partial charge in [0.2, 0.25) is 0 Å². The van der Waals surface area contributed by atoms with E-state index in [0.29, 0.717) is 39.5 Å². The first kappa shape index (κ1) is 13.0. The first-order chi connectivity index (χ1) is 10.6. The number of hydrogen-bond acceptors (Lipinski definition) is 5. The molecule has 1 atom stereocenters. The van der Waals surface area contributed by atoms with Gasteiger partial charge in [-0.1, -0.05) is 0 Å². The zero-order valence-electron chi connectivity index (χ0n) is 11.8. The lowest BCUT2D eigenvalue weighted by Gasteiger charge is -2.32. The van der Waals surface area contributed by atoms with Gasteiger partial charge in [0.05, 0.1) is 0 Å². The number of hydrogen-bond donors (Lipinski definition) is 3. The number of aliphatic hydroxyl groups is 1. The summed E-state index contributed by atoms with van der Waals surface area (Å²) >= 11 is 0. The maximum atomic E-state index is 10.8. The Balaban J connectivity index is 1.90. The summed E-state index contributed by atoms with van der Waals surface area (Å²) in [5, 5.41) is 30.1. The molecule has 2 aromatic carbocycles. The average molecular weight is 298 g/mol. The molecule has 2 aromatic rings. The van der Waals surface area contributed by atoms with Crippen molar-refractivity contribution in [2.24, 2.45) is 0 Å². The molecular weight excluding hydrogens is 284 g/mol. The number of rotatable bonds is 0. The minimum absolute atomic E-state index is 0.107. The van der Waals surface area contributed by atoms with Crippen LogP contribution in [-0.2, 0) is 0 Å². The van der Waals surface area contributed by atoms with Gasteiger partial charge in [0.15, 0.2) is 0 Å². The third-order valence-electron chi connectivity index (χ3n) is 4.12. The van der Waals surface area contributed by atoms with Gasteiger partial charge in [0.25, 0.3) is 0 Å². The van der Waals surface area contributed by atoms with E-state index in [1.165, 1.54) is 6.07 Å². The minimum atomic E-state index is -0.870. The molecule has 2 aliphatic rings. The van der Waals surface area contributed by atoms with Crippen LogP contribution in [-0.4, -0.2) is 21.9 Å². The van der Waals surface area contributed by atoms with Gasteiger partial charge in [-0.25, -0.2) is 0 Å². The highest BCUT2D eigenvalue weighted by molar-refractivity contribution is 5.81. The van der Waals surface area contributed by atoms with E-state index in [1.807, 2.05) is 0 Å². The SMILES string of the molecule is Cc1c(O)ccc2c1OC1=C(c3ccc(O)cc3OC1)C2O. The summed E-state index contributed by atoms with van der Waals surface area (Å²) in [6.45, 7) is 1.90. The second-order valence-corrected chi connectivity index (χ2v) is 5.44. The van der Waals surface area contributed by atoms with Crippen LogP contribution in [0.25, 0.3) is 5.57 Å². The lowest BCUT2D eigenvalue weighted by molar-refractivity contribution is 0.197. The topological polar surface area (TPSA) is 79.2 Å². The van der Waals surface area contributed by atoms with Gasteiger partial charge >= 0.3 is 0 Å². The highest BCUT2D eigenvalue weighted by atomic mass is 16.5. The van der Waals surface area contributed by atoms with E-state index in [9.17, 15) is 15.3 Å². The first-order valence-electron chi connectivity index (χ1n) is 6.94. The third-order valence-corrected chi connectivity index (χ3v) is 4.12. The standard InChI is InChI=1S/C17H14O5/c1-8-12(19)5-4-11-16(20)15-10-3-2-9(18)6-13(10)21-7-14(15)22-17(8)11/h2-6,16,18-20H,7H2,1H3. The number of ether oxygens (including phenoxy) is 2. The quantitative estimate of drug-likeness (QED) is 0.697. The Morgan fingerprint density at radius 2 is 1.95 bits per heavy atom. The predicted molar refractivity (Wildman–Crippen MR) is 79.0 cm³/mol. The van der Waals surface area contributed by atoms with Gasteiger partial charge in [0, 0.05) is 28.3 Å². The van der Waals surface area contributed by atoms with Crippen LogP contribution in [0.3, 0.4) is 0 Å². The molecular formula is C17H14O5. The summed E-state index contributed by atoms with van der Waals surface area (Å²) < 4.78 is 11.5. The van der Waals surface area contributed by atoms with Crippen molar-refractivity contribution in [3.63, 3.8) is 0 Å². The van der Waals surface area contributed by atoms with Crippen molar-refractivity contribution in [3.05, 3.63) is 52.8 Å². The number of phenolic OH excluding ortho intramolecular Hbond substituents is 2. The van der Waals surface area contributed by atoms with E-state index >= 15 is 0 Å². The molecule has 0 spiro atoms. The second kappa shape index (κ2) is 4.42. The number of phenols is 2. The zero-order valence-corrected chi connectivity index (χ0v) is 11.8. The van der Waals surface area contributed by atoms with Crippen LogP contribution in [0.15, 0.2) is 36.1 Å². The van der Waals surface area contributed by atoms with Crippen molar-refractivity contribution in [2.75, 3.05) is 6.61 Å². The molecule has 0 saturated heterocycles. The summed E-state index contributed by atoms with van der Waals surface area (Å²) in [5.74, 6) is 1.73. The van der Waals surface area contributed by atoms with Gasteiger partial charge in [-0.2, -0.15) is 0 Å². The molecule has 0 fully saturated rings. The molecule has 5 heteroatoms. The summed E-state index contributed by atoms with van der Waals surface area (Å²) in [4.78, 5) is 0. The fourth-order valence-electron chi connectivity index (χ4n) is 2.94. The number of benzene rings is 2. The Hall–Kier alpha value is -2.66. The van der Waals surface area contributed by atoms with Crippen molar-refractivity contribution in [2.45, 2.75) is 13.0 Å². The first-order valence-corrected chi connectivity index (χ1v) is 6.94. The van der Waals surface area contributed by atoms with Crippen molar-refractivity contribution in [1.29, 1.82) is 0 Å². The van der Waals surface area contributed by atoms with Crippen molar-refractivity contribution >= 4 is 5.57 Å². The Bertz CT molecular complexity index is 822. The Labute approximate surface area is 126 Å². The molecule has 2 aliphatic heterocycles. The fourth-order valence-corrected chi connectivity index (χ4v) is 2.94. The molecule has 112 valence electrons. The molecule has 5 nitrogen and oxygen atoms in total. The van der Waals surface area contributed by atoms with Crippen molar-refractivity contribution in [1.82, 2.24) is 0 Å². The minimum Gasteiger partial charge on any atom is -0.508 e. The molecule has 0 aliphatic carbocycles. The van der Waals surface area contributed by atoms with Crippen LogP contribution >= 0.6 is 0 Å². The van der Waals surface area contributed by atoms with Gasteiger partial charge in [0.1, 0.15) is 41.5 Å².